The molecule has 2 rings (SSSR count). The molecule has 9 heteroatoms. The van der Waals surface area contributed by atoms with E-state index < -0.39 is 16.1 Å². The van der Waals surface area contributed by atoms with Crippen molar-refractivity contribution in [1.82, 2.24) is 9.21 Å². The highest BCUT2D eigenvalue weighted by Gasteiger charge is 2.38. The Kier molecular flexibility index (Phi) is 6.70. The van der Waals surface area contributed by atoms with Crippen molar-refractivity contribution in [1.29, 1.82) is 0 Å². The predicted octanol–water partition coefficient (Wildman–Crippen LogP) is 1.70. The van der Waals surface area contributed by atoms with Gasteiger partial charge in [-0.1, -0.05) is 22.9 Å². The average molecular weight is 449 g/mol. The van der Waals surface area contributed by atoms with Crippen LogP contribution in [0.5, 0.6) is 5.75 Å². The third-order valence-corrected chi connectivity index (χ3v) is 7.13. The summed E-state index contributed by atoms with van der Waals surface area (Å²) in [6.45, 7) is 5.27. The number of ether oxygens (including phenoxy) is 1. The first-order valence-electron chi connectivity index (χ1n) is 8.38. The van der Waals surface area contributed by atoms with E-state index in [0.29, 0.717) is 11.0 Å². The van der Waals surface area contributed by atoms with Crippen LogP contribution in [0, 0.1) is 5.92 Å². The Labute approximate surface area is 163 Å². The number of fused-ring (bicyclic) bond motifs is 1. The predicted molar refractivity (Wildman–Crippen MR) is 101 cm³/mol. The summed E-state index contributed by atoms with van der Waals surface area (Å²) in [5, 5.41) is 9.55. The monoisotopic (exact) mass is 448 g/mol. The van der Waals surface area contributed by atoms with Gasteiger partial charge in [-0.2, -0.15) is 4.31 Å². The van der Waals surface area contributed by atoms with Crippen molar-refractivity contribution in [2.45, 2.75) is 37.8 Å². The number of rotatable bonds is 4. The van der Waals surface area contributed by atoms with Crippen LogP contribution in [-0.2, 0) is 14.8 Å². The van der Waals surface area contributed by atoms with Crippen molar-refractivity contribution in [3.63, 3.8) is 0 Å². The Morgan fingerprint density at radius 3 is 2.73 bits per heavy atom. The third kappa shape index (κ3) is 4.39. The number of likely N-dealkylation sites (N-methyl/N-ethyl adjacent to an activating group) is 1. The summed E-state index contributed by atoms with van der Waals surface area (Å²) in [5.74, 6) is -0.0405. The smallest absolute Gasteiger partial charge is 0.247 e. The second-order valence-corrected chi connectivity index (χ2v) is 9.51. The van der Waals surface area contributed by atoms with Crippen LogP contribution in [0.3, 0.4) is 0 Å². The fraction of sp³-hybridized carbons (Fsp3) is 0.588. The van der Waals surface area contributed by atoms with Crippen molar-refractivity contribution in [2.75, 3.05) is 26.7 Å². The second kappa shape index (κ2) is 8.24. The molecule has 1 aromatic carbocycles. The van der Waals surface area contributed by atoms with Crippen LogP contribution in [0.2, 0.25) is 0 Å². The van der Waals surface area contributed by atoms with Crippen molar-refractivity contribution in [2.24, 2.45) is 5.92 Å². The lowest BCUT2D eigenvalue weighted by Crippen LogP contribution is -2.50. The van der Waals surface area contributed by atoms with E-state index in [4.69, 9.17) is 4.74 Å². The first-order chi connectivity index (χ1) is 12.1. The minimum Gasteiger partial charge on any atom is -0.487 e. The molecule has 0 aromatic heterocycles. The Morgan fingerprint density at radius 2 is 2.15 bits per heavy atom. The zero-order valence-corrected chi connectivity index (χ0v) is 17.7. The molecule has 1 amide bonds. The van der Waals surface area contributed by atoms with Gasteiger partial charge in [0.05, 0.1) is 13.2 Å². The number of nitrogens with zero attached hydrogens (tertiary/aromatic N) is 2. The van der Waals surface area contributed by atoms with E-state index in [0.717, 1.165) is 0 Å². The Hall–Kier alpha value is -1.16. The van der Waals surface area contributed by atoms with Crippen molar-refractivity contribution < 1.29 is 23.1 Å². The molecule has 1 aromatic rings. The molecule has 146 valence electrons. The van der Waals surface area contributed by atoms with Crippen LogP contribution in [-0.4, -0.2) is 67.5 Å². The lowest BCUT2D eigenvalue weighted by molar-refractivity contribution is -0.129. The standard InChI is InChI=1S/C17H25BrN2O5S/c1-11-8-20(12(2)10-21)26(23,24)17-6-5-14(18)7-15(17)25-16(11)9-19(4)13(3)22/h5-7,11-12,16,21H,8-10H2,1-4H3/t11-,12+,16-/m0/s1. The fourth-order valence-electron chi connectivity index (χ4n) is 2.82. The van der Waals surface area contributed by atoms with Gasteiger partial charge in [-0.15, -0.1) is 0 Å². The Morgan fingerprint density at radius 1 is 1.50 bits per heavy atom. The molecule has 0 radical (unpaired) electrons. The van der Waals surface area contributed by atoms with E-state index in [-0.39, 0.29) is 41.7 Å². The molecule has 3 atom stereocenters. The van der Waals surface area contributed by atoms with Gasteiger partial charge in [-0.05, 0) is 25.1 Å². The number of carbonyl (C=O) groups excluding carboxylic acids is 1. The molecule has 0 unspecified atom stereocenters. The summed E-state index contributed by atoms with van der Waals surface area (Å²) < 4.78 is 34.3. The van der Waals surface area contributed by atoms with E-state index in [1.807, 2.05) is 6.92 Å². The summed E-state index contributed by atoms with van der Waals surface area (Å²) in [6, 6.07) is 4.19. The zero-order chi connectivity index (χ0) is 19.6. The number of sulfonamides is 1. The summed E-state index contributed by atoms with van der Waals surface area (Å²) >= 11 is 3.35. The number of benzene rings is 1. The molecule has 1 aliphatic rings. The largest absolute Gasteiger partial charge is 0.487 e. The lowest BCUT2D eigenvalue weighted by Gasteiger charge is -2.37. The SMILES string of the molecule is CC(=O)N(C)C[C@@H]1Oc2cc(Br)ccc2S(=O)(=O)N([C@H](C)CO)C[C@@H]1C. The lowest BCUT2D eigenvalue weighted by atomic mass is 10.0. The molecule has 7 nitrogen and oxygen atoms in total. The average Bonchev–Trinajstić information content (AvgIpc) is 2.56. The number of hydrogen-bond donors (Lipinski definition) is 1. The maximum Gasteiger partial charge on any atom is 0.247 e. The summed E-state index contributed by atoms with van der Waals surface area (Å²) in [5.41, 5.74) is 0. The third-order valence-electron chi connectivity index (χ3n) is 4.62. The second-order valence-electron chi connectivity index (χ2n) is 6.73. The van der Waals surface area contributed by atoms with Crippen molar-refractivity contribution in [3.05, 3.63) is 22.7 Å². The molecule has 0 fully saturated rings. The van der Waals surface area contributed by atoms with Crippen LogP contribution in [0.1, 0.15) is 20.8 Å². The highest BCUT2D eigenvalue weighted by molar-refractivity contribution is 9.10. The van der Waals surface area contributed by atoms with Gasteiger partial charge in [-0.25, -0.2) is 8.42 Å². The maximum atomic E-state index is 13.1. The summed E-state index contributed by atoms with van der Waals surface area (Å²) in [7, 11) is -2.14. The van der Waals surface area contributed by atoms with Gasteiger partial charge < -0.3 is 14.7 Å². The first kappa shape index (κ1) is 21.1. The molecule has 1 aliphatic heterocycles. The van der Waals surface area contributed by atoms with Crippen LogP contribution < -0.4 is 4.74 Å². The van der Waals surface area contributed by atoms with Crippen LogP contribution >= 0.6 is 15.9 Å². The van der Waals surface area contributed by atoms with Gasteiger partial charge in [0, 0.05) is 36.9 Å². The van der Waals surface area contributed by atoms with Gasteiger partial charge in [0.2, 0.25) is 15.9 Å². The molecular weight excluding hydrogens is 424 g/mol. The van der Waals surface area contributed by atoms with Gasteiger partial charge in [-0.3, -0.25) is 4.79 Å². The molecule has 0 spiro atoms. The molecule has 0 bridgehead atoms. The van der Waals surface area contributed by atoms with Crippen LogP contribution in [0.15, 0.2) is 27.6 Å². The Balaban J connectivity index is 2.54. The number of carbonyl (C=O) groups is 1. The van der Waals surface area contributed by atoms with Gasteiger partial charge in [0.15, 0.2) is 0 Å². The number of aliphatic hydroxyl groups excluding tert-OH is 1. The number of aliphatic hydroxyl groups is 1. The van der Waals surface area contributed by atoms with Gasteiger partial charge in [0.25, 0.3) is 0 Å². The molecule has 1 N–H and O–H groups in total. The quantitative estimate of drug-likeness (QED) is 0.756. The van der Waals surface area contributed by atoms with E-state index in [2.05, 4.69) is 15.9 Å². The number of hydrogen-bond acceptors (Lipinski definition) is 5. The molecular formula is C17H25BrN2O5S. The molecule has 0 saturated heterocycles. The zero-order valence-electron chi connectivity index (χ0n) is 15.3. The minimum atomic E-state index is -3.82. The molecule has 26 heavy (non-hydrogen) atoms. The number of halogens is 1. The van der Waals surface area contributed by atoms with Crippen LogP contribution in [0.4, 0.5) is 0 Å². The molecule has 0 saturated carbocycles. The minimum absolute atomic E-state index is 0.0587. The number of amides is 1. The van der Waals surface area contributed by atoms with Crippen LogP contribution in [0.25, 0.3) is 0 Å². The molecule has 1 heterocycles. The van der Waals surface area contributed by atoms with E-state index in [9.17, 15) is 18.3 Å². The van der Waals surface area contributed by atoms with Gasteiger partial charge in [0.1, 0.15) is 16.7 Å². The van der Waals surface area contributed by atoms with Crippen molar-refractivity contribution >= 4 is 31.9 Å². The highest BCUT2D eigenvalue weighted by Crippen LogP contribution is 2.35. The highest BCUT2D eigenvalue weighted by atomic mass is 79.9. The van der Waals surface area contributed by atoms with E-state index in [1.54, 1.807) is 31.0 Å². The maximum absolute atomic E-state index is 13.1. The normalized spacial score (nSPS) is 23.9. The van der Waals surface area contributed by atoms with E-state index in [1.165, 1.54) is 17.3 Å². The van der Waals surface area contributed by atoms with E-state index >= 15 is 0 Å². The first-order valence-corrected chi connectivity index (χ1v) is 10.6. The molecule has 0 aliphatic carbocycles. The summed E-state index contributed by atoms with van der Waals surface area (Å²) in [6.07, 6.45) is -0.388. The Bertz CT molecular complexity index is 770. The summed E-state index contributed by atoms with van der Waals surface area (Å²) in [4.78, 5) is 13.2. The topological polar surface area (TPSA) is 87.2 Å². The van der Waals surface area contributed by atoms with Gasteiger partial charge >= 0.3 is 0 Å². The fourth-order valence-corrected chi connectivity index (χ4v) is 4.98. The van der Waals surface area contributed by atoms with Crippen molar-refractivity contribution in [3.8, 4) is 5.75 Å².